The van der Waals surface area contributed by atoms with Crippen molar-refractivity contribution in [3.05, 3.63) is 219 Å². The maximum atomic E-state index is 6.81. The van der Waals surface area contributed by atoms with Gasteiger partial charge in [-0.05, 0) is 321 Å². The number of aryl methyl sites for hydroxylation is 5. The van der Waals surface area contributed by atoms with Crippen molar-refractivity contribution in [1.82, 2.24) is 80.7 Å². The van der Waals surface area contributed by atoms with E-state index < -0.39 is 5.54 Å². The molecule has 0 unspecified atom stereocenters. The summed E-state index contributed by atoms with van der Waals surface area (Å²) < 4.78 is 0. The van der Waals surface area contributed by atoms with E-state index in [9.17, 15) is 0 Å². The van der Waals surface area contributed by atoms with Gasteiger partial charge in [0, 0.05) is 89.2 Å². The molecular formula is C96H100N20. The van der Waals surface area contributed by atoms with Crippen molar-refractivity contribution in [3.8, 4) is 22.6 Å². The predicted molar refractivity (Wildman–Crippen MR) is 465 cm³/mol. The minimum Gasteiger partial charge on any atom is -0.354 e. The first-order valence-electron chi connectivity index (χ1n) is 42.8. The molecule has 11 aromatic heterocycles. The molecule has 3 fully saturated rings. The molecule has 584 valence electrons. The summed E-state index contributed by atoms with van der Waals surface area (Å²) in [5, 5.41) is 41.7. The van der Waals surface area contributed by atoms with E-state index in [4.69, 9.17) is 42.9 Å². The number of H-pyrrole nitrogens is 5. The molecule has 0 aliphatic heterocycles. The Morgan fingerprint density at radius 2 is 0.664 bits per heavy atom. The lowest BCUT2D eigenvalue weighted by atomic mass is 9.71. The molecule has 116 heavy (non-hydrogen) atoms. The maximum Gasteiger partial charge on any atom is 0.159 e. The van der Waals surface area contributed by atoms with E-state index in [0.717, 1.165) is 169 Å². The molecule has 20 heteroatoms. The number of nitrogens with one attached hydrogen (secondary N) is 5. The fourth-order valence-electron chi connectivity index (χ4n) is 21.0. The van der Waals surface area contributed by atoms with Crippen LogP contribution in [-0.4, -0.2) is 80.7 Å². The summed E-state index contributed by atoms with van der Waals surface area (Å²) in [7, 11) is 0. The Bertz CT molecular complexity index is 6560. The van der Waals surface area contributed by atoms with Gasteiger partial charge in [-0.2, -0.15) is 20.4 Å². The number of aromatic amines is 5. The molecular weight excluding hydrogens is 1430 g/mol. The zero-order valence-electron chi connectivity index (χ0n) is 66.5. The van der Waals surface area contributed by atoms with Gasteiger partial charge >= 0.3 is 0 Å². The molecule has 8 aliphatic carbocycles. The van der Waals surface area contributed by atoms with Crippen LogP contribution in [0.25, 0.3) is 132 Å². The van der Waals surface area contributed by atoms with Crippen LogP contribution in [0.15, 0.2) is 140 Å². The molecule has 0 saturated heterocycles. The summed E-state index contributed by atoms with van der Waals surface area (Å²) >= 11 is 0. The summed E-state index contributed by atoms with van der Waals surface area (Å²) in [6.45, 7) is 4.10. The van der Waals surface area contributed by atoms with Crippen LogP contribution < -0.4 is 22.9 Å². The van der Waals surface area contributed by atoms with Gasteiger partial charge in [-0.1, -0.05) is 37.1 Å². The van der Waals surface area contributed by atoms with E-state index in [-0.39, 0.29) is 16.6 Å². The number of hydrogen-bond donors (Lipinski definition) is 9. The van der Waals surface area contributed by atoms with Crippen molar-refractivity contribution in [2.45, 2.75) is 222 Å². The van der Waals surface area contributed by atoms with Crippen molar-refractivity contribution in [2.24, 2.45) is 22.9 Å². The van der Waals surface area contributed by atoms with Crippen LogP contribution in [-0.2, 0) is 86.4 Å². The van der Waals surface area contributed by atoms with Crippen LogP contribution in [0.4, 0.5) is 0 Å². The summed E-state index contributed by atoms with van der Waals surface area (Å²) in [5.41, 5.74) is 59.0. The van der Waals surface area contributed by atoms with Crippen molar-refractivity contribution < 1.29 is 0 Å². The Morgan fingerprint density at radius 3 is 1.08 bits per heavy atom. The van der Waals surface area contributed by atoms with Gasteiger partial charge in [0.25, 0.3) is 0 Å². The first-order valence-corrected chi connectivity index (χ1v) is 42.8. The number of benzene rings is 6. The number of nitrogens with zero attached hydrogens (tertiary/aromatic N) is 11. The quantitative estimate of drug-likeness (QED) is 0.0747. The molecule has 11 heterocycles. The van der Waals surface area contributed by atoms with E-state index in [1.165, 1.54) is 227 Å². The van der Waals surface area contributed by atoms with E-state index in [1.807, 2.05) is 50.9 Å². The van der Waals surface area contributed by atoms with E-state index >= 15 is 0 Å². The van der Waals surface area contributed by atoms with Crippen LogP contribution in [0.2, 0.25) is 0 Å². The van der Waals surface area contributed by atoms with Crippen molar-refractivity contribution in [3.63, 3.8) is 0 Å². The van der Waals surface area contributed by atoms with Crippen LogP contribution in [0.5, 0.6) is 0 Å². The number of rotatable bonds is 6. The lowest BCUT2D eigenvalue weighted by molar-refractivity contribution is 0.244. The Morgan fingerprint density at radius 1 is 0.310 bits per heavy atom. The summed E-state index contributed by atoms with van der Waals surface area (Å²) in [5.74, 6) is 0.759. The largest absolute Gasteiger partial charge is 0.354 e. The maximum absolute atomic E-state index is 6.81. The van der Waals surface area contributed by atoms with Crippen LogP contribution in [0, 0.1) is 0 Å². The Hall–Kier alpha value is -11.3. The summed E-state index contributed by atoms with van der Waals surface area (Å²) in [6, 6.07) is 33.6. The molecule has 0 bridgehead atoms. The predicted octanol–water partition coefficient (Wildman–Crippen LogP) is 18.9. The second-order valence-corrected chi connectivity index (χ2v) is 35.1. The van der Waals surface area contributed by atoms with Crippen molar-refractivity contribution in [1.29, 1.82) is 0 Å². The summed E-state index contributed by atoms with van der Waals surface area (Å²) in [6.07, 6.45) is 47.1. The molecule has 0 spiro atoms. The van der Waals surface area contributed by atoms with E-state index in [2.05, 4.69) is 152 Å². The number of fused-ring (bicyclic) bond motifs is 25. The van der Waals surface area contributed by atoms with Gasteiger partial charge in [0.15, 0.2) is 5.82 Å². The van der Waals surface area contributed by atoms with Gasteiger partial charge < -0.3 is 27.9 Å². The average Bonchev–Trinajstić information content (AvgIpc) is 1.42. The lowest BCUT2D eigenvalue weighted by Crippen LogP contribution is -2.45. The normalized spacial score (nSPS) is 17.6. The minimum absolute atomic E-state index is 0.152. The number of nitrogens with two attached hydrogens (primary N) is 4. The van der Waals surface area contributed by atoms with Crippen LogP contribution in [0.1, 0.15) is 214 Å². The zero-order valence-corrected chi connectivity index (χ0v) is 66.5. The molecule has 0 amide bonds. The number of aromatic nitrogens is 16. The first kappa shape index (κ1) is 72.4. The van der Waals surface area contributed by atoms with Crippen molar-refractivity contribution in [2.75, 3.05) is 0 Å². The topological polar surface area (TPSA) is 325 Å². The molecule has 13 N–H and O–H groups in total. The van der Waals surface area contributed by atoms with E-state index in [1.54, 1.807) is 12.4 Å². The lowest BCUT2D eigenvalue weighted by Gasteiger charge is -2.40. The van der Waals surface area contributed by atoms with Gasteiger partial charge in [0.2, 0.25) is 0 Å². The SMILES string of the molecule is CC(C)(N)c1nc2ccc3[nH]ncc3c2c2c1CCCC2.NC1(c2nc3ccc4[nH]ncc4c3c3c2CCCC3)CC1.NC1(c2nc3ccc4[nH]ncc4c3c3c2CCCC3)CCC1.NC1(c2nc3ccc4[nH]ncc4c3c3c2CCCC3)CCCC1.c1cnc(-c2ccc(-c3[nH]c4ccc5nccc5c4c4c3CCCC4)cc2)nc1. The second-order valence-electron chi connectivity index (χ2n) is 35.1. The smallest absolute Gasteiger partial charge is 0.159 e. The number of pyridine rings is 5. The number of hydrogen-bond acceptors (Lipinski definition) is 15. The van der Waals surface area contributed by atoms with Crippen LogP contribution >= 0.6 is 0 Å². The fraction of sp³-hybridized carbons (Fsp3) is 0.365. The molecule has 17 aromatic rings. The zero-order chi connectivity index (χ0) is 78.0. The molecule has 0 atom stereocenters. The van der Waals surface area contributed by atoms with Gasteiger partial charge in [0.1, 0.15) is 0 Å². The highest BCUT2D eigenvalue weighted by atomic mass is 15.1. The molecule has 0 radical (unpaired) electrons. The standard InChI is InChI=1S/C25H20N4.C19H22N4.C18H20N4.C17H18N4.C17H20N4/c1-2-5-19-18(4-1)23-20-12-15-26-21(20)10-11-22(23)29-24(19)16-6-8-17(9-7-16)25-27-13-3-14-28-25;20-19(9-3-4-10-19)18-13-6-2-1-5-12(13)17-14-11-21-23-15(14)7-8-16(17)22-18;19-18(8-3-9-18)17-12-5-2-1-4-11(12)16-13-10-20-22-14(13)6-7-15(16)21-17;18-17(7-8-17)16-11-4-2-1-3-10(11)15-12-9-19-21-13(12)5-6-14(15)20-16;1-17(2,18)16-11-6-4-3-5-10(11)15-12-9-19-21-13(12)7-8-14(15)20-16/h3,6-15,29H,1-2,4-5H2;7-8,11H,1-6,9-10,20H2,(H,21,23);6-7,10H,1-5,8-9,19H2,(H,20,22);5-6,9H,1-4,7-8,18H2,(H,19,21);7-9H,3-6,18H2,1-2H3,(H,19,21). The highest BCUT2D eigenvalue weighted by Gasteiger charge is 2.45. The highest BCUT2D eigenvalue weighted by Crippen LogP contribution is 2.50. The van der Waals surface area contributed by atoms with Gasteiger partial charge in [-0.3, -0.25) is 45.3 Å². The van der Waals surface area contributed by atoms with E-state index in [0.29, 0.717) is 0 Å². The minimum atomic E-state index is -0.402. The van der Waals surface area contributed by atoms with Gasteiger partial charge in [-0.15, -0.1) is 0 Å². The Balaban J connectivity index is 0.0000000911. The van der Waals surface area contributed by atoms with Gasteiger partial charge in [-0.25, -0.2) is 9.97 Å². The Kier molecular flexibility index (Phi) is 18.0. The third-order valence-electron chi connectivity index (χ3n) is 27.1. The monoisotopic (exact) mass is 1530 g/mol. The molecule has 8 aliphatic rings. The molecule has 25 rings (SSSR count). The fourth-order valence-corrected chi connectivity index (χ4v) is 21.0. The third kappa shape index (κ3) is 12.6. The summed E-state index contributed by atoms with van der Waals surface area (Å²) in [4.78, 5) is 37.0. The second kappa shape index (κ2) is 28.9. The third-order valence-corrected chi connectivity index (χ3v) is 27.1. The first-order chi connectivity index (χ1) is 56.7. The van der Waals surface area contributed by atoms with Gasteiger partial charge in [0.05, 0.1) is 119 Å². The van der Waals surface area contributed by atoms with Crippen molar-refractivity contribution >= 4 is 109 Å². The molecule has 3 saturated carbocycles. The molecule has 20 nitrogen and oxygen atoms in total. The highest BCUT2D eigenvalue weighted by molar-refractivity contribution is 6.11. The average molecular weight is 1530 g/mol. The Labute approximate surface area is 672 Å². The molecule has 6 aromatic carbocycles. The van der Waals surface area contributed by atoms with Crippen LogP contribution in [0.3, 0.4) is 0 Å².